The molecule has 4 heteroatoms. The molecule has 2 bridgehead atoms. The summed E-state index contributed by atoms with van der Waals surface area (Å²) >= 11 is 0. The third-order valence-electron chi connectivity index (χ3n) is 5.11. The van der Waals surface area contributed by atoms with Crippen LogP contribution in [0.15, 0.2) is 0 Å². The molecule has 3 rings (SSSR count). The topological polar surface area (TPSA) is 58.7 Å². The first-order valence-electron chi connectivity index (χ1n) is 6.35. The van der Waals surface area contributed by atoms with E-state index in [0.29, 0.717) is 25.3 Å². The zero-order valence-corrected chi connectivity index (χ0v) is 9.98. The molecular formula is C12H22N2O2. The van der Waals surface area contributed by atoms with Crippen molar-refractivity contribution in [2.75, 3.05) is 20.3 Å². The lowest BCUT2D eigenvalue weighted by Crippen LogP contribution is -2.66. The van der Waals surface area contributed by atoms with Crippen LogP contribution < -0.4 is 5.73 Å². The molecule has 3 saturated heterocycles. The Bertz CT molecular complexity index is 275. The highest BCUT2D eigenvalue weighted by Gasteiger charge is 2.56. The molecule has 3 heterocycles. The van der Waals surface area contributed by atoms with Crippen LogP contribution in [0.1, 0.15) is 32.1 Å². The van der Waals surface area contributed by atoms with E-state index in [1.165, 1.54) is 12.8 Å². The third kappa shape index (κ3) is 1.37. The number of aliphatic hydroxyl groups is 1. The zero-order valence-electron chi connectivity index (χ0n) is 9.98. The van der Waals surface area contributed by atoms with E-state index in [1.807, 2.05) is 0 Å². The summed E-state index contributed by atoms with van der Waals surface area (Å²) in [7, 11) is 2.18. The smallest absolute Gasteiger partial charge is 0.0879 e. The Balaban J connectivity index is 1.84. The number of hydrogen-bond acceptors (Lipinski definition) is 4. The molecule has 0 aliphatic carbocycles. The molecule has 0 spiro atoms. The average molecular weight is 226 g/mol. The molecule has 0 aromatic heterocycles. The second kappa shape index (κ2) is 3.42. The summed E-state index contributed by atoms with van der Waals surface area (Å²) in [6.07, 6.45) is 4.85. The van der Waals surface area contributed by atoms with E-state index < -0.39 is 11.1 Å². The van der Waals surface area contributed by atoms with Crippen LogP contribution in [-0.2, 0) is 4.74 Å². The van der Waals surface area contributed by atoms with Crippen LogP contribution in [0.4, 0.5) is 0 Å². The SMILES string of the molecule is CN1C2CCC1CC(O)(C1(N)CCOC1)C2. The van der Waals surface area contributed by atoms with Crippen molar-refractivity contribution in [1.82, 2.24) is 4.90 Å². The normalized spacial score (nSPS) is 53.4. The Morgan fingerprint density at radius 3 is 2.44 bits per heavy atom. The van der Waals surface area contributed by atoms with E-state index >= 15 is 0 Å². The van der Waals surface area contributed by atoms with Crippen molar-refractivity contribution >= 4 is 0 Å². The van der Waals surface area contributed by atoms with Crippen molar-refractivity contribution in [2.45, 2.75) is 55.3 Å². The van der Waals surface area contributed by atoms with E-state index in [0.717, 1.165) is 19.3 Å². The maximum atomic E-state index is 10.9. The van der Waals surface area contributed by atoms with E-state index in [9.17, 15) is 5.11 Å². The van der Waals surface area contributed by atoms with E-state index in [1.54, 1.807) is 0 Å². The number of rotatable bonds is 1. The predicted molar refractivity (Wildman–Crippen MR) is 61.1 cm³/mol. The Kier molecular flexibility index (Phi) is 2.34. The Hall–Kier alpha value is -0.160. The summed E-state index contributed by atoms with van der Waals surface area (Å²) in [5.41, 5.74) is 5.16. The van der Waals surface area contributed by atoms with Crippen molar-refractivity contribution in [1.29, 1.82) is 0 Å². The van der Waals surface area contributed by atoms with Gasteiger partial charge < -0.3 is 20.5 Å². The van der Waals surface area contributed by atoms with Gasteiger partial charge in [-0.2, -0.15) is 0 Å². The number of fused-ring (bicyclic) bond motifs is 2. The summed E-state index contributed by atoms with van der Waals surface area (Å²) in [4.78, 5) is 2.42. The molecule has 92 valence electrons. The Morgan fingerprint density at radius 1 is 1.31 bits per heavy atom. The molecule has 0 saturated carbocycles. The second-order valence-corrected chi connectivity index (χ2v) is 5.95. The minimum atomic E-state index is -0.707. The molecule has 3 atom stereocenters. The van der Waals surface area contributed by atoms with Gasteiger partial charge in [-0.05, 0) is 39.2 Å². The van der Waals surface area contributed by atoms with Gasteiger partial charge in [0.25, 0.3) is 0 Å². The van der Waals surface area contributed by atoms with Gasteiger partial charge in [0, 0.05) is 18.7 Å². The van der Waals surface area contributed by atoms with Crippen LogP contribution in [0.2, 0.25) is 0 Å². The van der Waals surface area contributed by atoms with Crippen molar-refractivity contribution in [2.24, 2.45) is 5.73 Å². The molecule has 0 amide bonds. The molecule has 3 fully saturated rings. The van der Waals surface area contributed by atoms with E-state index in [4.69, 9.17) is 10.5 Å². The molecule has 3 unspecified atom stereocenters. The van der Waals surface area contributed by atoms with Gasteiger partial charge in [0.2, 0.25) is 0 Å². The average Bonchev–Trinajstić information content (AvgIpc) is 2.74. The Labute approximate surface area is 96.7 Å². The quantitative estimate of drug-likeness (QED) is 0.665. The van der Waals surface area contributed by atoms with Gasteiger partial charge in [-0.15, -0.1) is 0 Å². The van der Waals surface area contributed by atoms with E-state index in [2.05, 4.69) is 11.9 Å². The molecule has 4 nitrogen and oxygen atoms in total. The predicted octanol–water partition coefficient (Wildman–Crippen LogP) is 0.0919. The number of hydrogen-bond donors (Lipinski definition) is 2. The number of nitrogens with zero attached hydrogens (tertiary/aromatic N) is 1. The van der Waals surface area contributed by atoms with Gasteiger partial charge in [0.05, 0.1) is 17.7 Å². The fourth-order valence-corrected chi connectivity index (χ4v) is 3.80. The molecule has 0 aromatic rings. The molecular weight excluding hydrogens is 204 g/mol. The fourth-order valence-electron chi connectivity index (χ4n) is 3.80. The van der Waals surface area contributed by atoms with Gasteiger partial charge in [-0.3, -0.25) is 0 Å². The third-order valence-corrected chi connectivity index (χ3v) is 5.11. The van der Waals surface area contributed by atoms with Crippen LogP contribution in [0.3, 0.4) is 0 Å². The zero-order chi connectivity index (χ0) is 11.4. The van der Waals surface area contributed by atoms with Crippen LogP contribution >= 0.6 is 0 Å². The largest absolute Gasteiger partial charge is 0.388 e. The molecule has 3 aliphatic rings. The van der Waals surface area contributed by atoms with Gasteiger partial charge in [-0.25, -0.2) is 0 Å². The summed E-state index contributed by atoms with van der Waals surface area (Å²) in [5.74, 6) is 0. The lowest BCUT2D eigenvalue weighted by molar-refractivity contribution is -0.0986. The summed E-state index contributed by atoms with van der Waals surface area (Å²) in [6.45, 7) is 1.22. The van der Waals surface area contributed by atoms with Gasteiger partial charge in [-0.1, -0.05) is 0 Å². The molecule has 3 N–H and O–H groups in total. The van der Waals surface area contributed by atoms with Gasteiger partial charge in [0.15, 0.2) is 0 Å². The minimum absolute atomic E-state index is 0.505. The first-order valence-corrected chi connectivity index (χ1v) is 6.35. The highest BCUT2D eigenvalue weighted by atomic mass is 16.5. The van der Waals surface area contributed by atoms with Crippen molar-refractivity contribution in [3.8, 4) is 0 Å². The van der Waals surface area contributed by atoms with Crippen molar-refractivity contribution < 1.29 is 9.84 Å². The second-order valence-electron chi connectivity index (χ2n) is 5.95. The van der Waals surface area contributed by atoms with Gasteiger partial charge >= 0.3 is 0 Å². The summed E-state index contributed by atoms with van der Waals surface area (Å²) in [6, 6.07) is 1.04. The van der Waals surface area contributed by atoms with Gasteiger partial charge in [0.1, 0.15) is 0 Å². The fraction of sp³-hybridized carbons (Fsp3) is 1.00. The number of piperidine rings is 1. The standard InChI is InChI=1S/C12H22N2O2/c1-14-9-2-3-10(14)7-12(15,6-9)11(13)4-5-16-8-11/h9-10,15H,2-8,13H2,1H3. The van der Waals surface area contributed by atoms with Crippen LogP contribution in [0.5, 0.6) is 0 Å². The van der Waals surface area contributed by atoms with E-state index in [-0.39, 0.29) is 0 Å². The van der Waals surface area contributed by atoms with Crippen LogP contribution in [0.25, 0.3) is 0 Å². The first-order chi connectivity index (χ1) is 7.54. The van der Waals surface area contributed by atoms with Crippen molar-refractivity contribution in [3.05, 3.63) is 0 Å². The highest BCUT2D eigenvalue weighted by molar-refractivity contribution is 5.13. The Morgan fingerprint density at radius 2 is 1.94 bits per heavy atom. The summed E-state index contributed by atoms with van der Waals surface area (Å²) < 4.78 is 5.40. The molecule has 16 heavy (non-hydrogen) atoms. The maximum absolute atomic E-state index is 10.9. The monoisotopic (exact) mass is 226 g/mol. The first kappa shape index (κ1) is 11.0. The molecule has 0 radical (unpaired) electrons. The summed E-state index contributed by atoms with van der Waals surface area (Å²) in [5, 5.41) is 10.9. The number of ether oxygens (including phenoxy) is 1. The minimum Gasteiger partial charge on any atom is -0.388 e. The maximum Gasteiger partial charge on any atom is 0.0879 e. The molecule has 0 aromatic carbocycles. The number of nitrogens with two attached hydrogens (primary N) is 1. The lowest BCUT2D eigenvalue weighted by Gasteiger charge is -2.49. The van der Waals surface area contributed by atoms with Crippen LogP contribution in [-0.4, -0.2) is 53.5 Å². The lowest BCUT2D eigenvalue weighted by atomic mass is 9.71. The highest BCUT2D eigenvalue weighted by Crippen LogP contribution is 2.45. The van der Waals surface area contributed by atoms with Crippen LogP contribution in [0, 0.1) is 0 Å². The molecule has 3 aliphatic heterocycles. The van der Waals surface area contributed by atoms with Crippen molar-refractivity contribution in [3.63, 3.8) is 0 Å².